The third-order valence-electron chi connectivity index (χ3n) is 13.5. The maximum atomic E-state index is 17.9. The van der Waals surface area contributed by atoms with Crippen molar-refractivity contribution in [1.82, 2.24) is 0 Å². The van der Waals surface area contributed by atoms with Crippen LogP contribution in [0.4, 0.5) is 68.2 Å². The van der Waals surface area contributed by atoms with E-state index in [0.29, 0.717) is 77.6 Å². The molecular weight excluding hydrogens is 831 g/mol. The molecule has 0 unspecified atom stereocenters. The second-order valence-corrected chi connectivity index (χ2v) is 21.8. The monoisotopic (exact) mass is 862 g/mol. The lowest BCUT2D eigenvalue weighted by atomic mass is 10.0. The first-order valence-electron chi connectivity index (χ1n) is 21.3. The largest absolute Gasteiger partial charge is 0.456 e. The first-order valence-corrected chi connectivity index (χ1v) is 24.7. The van der Waals surface area contributed by atoms with Crippen molar-refractivity contribution in [3.8, 4) is 23.0 Å². The first-order chi connectivity index (χ1) is 31.6. The van der Waals surface area contributed by atoms with E-state index in [1.54, 1.807) is 0 Å². The minimum Gasteiger partial charge on any atom is -0.456 e. The van der Waals surface area contributed by atoms with Gasteiger partial charge in [0.15, 0.2) is 14.3 Å². The Hall–Kier alpha value is -7.76. The van der Waals surface area contributed by atoms with Crippen molar-refractivity contribution in [2.45, 2.75) is 0 Å². The molecule has 64 heavy (non-hydrogen) atoms. The Labute approximate surface area is 368 Å². The molecule has 10 heteroatoms. The van der Waals surface area contributed by atoms with Gasteiger partial charge in [0.2, 0.25) is 0 Å². The summed E-state index contributed by atoms with van der Waals surface area (Å²) in [5.74, 6) is 2.24. The van der Waals surface area contributed by atoms with E-state index in [4.69, 9.17) is 9.47 Å². The number of anilines is 12. The van der Waals surface area contributed by atoms with Gasteiger partial charge in [-0.15, -0.1) is 0 Å². The molecule has 0 bridgehead atoms. The Morgan fingerprint density at radius 2 is 0.500 bits per heavy atom. The molecule has 6 heterocycles. The maximum Gasteiger partial charge on any atom is 0.186 e. The summed E-state index contributed by atoms with van der Waals surface area (Å²) in [6.45, 7) is 0. The van der Waals surface area contributed by atoms with Gasteiger partial charge in [-0.1, -0.05) is 97.1 Å². The Morgan fingerprint density at radius 3 is 0.734 bits per heavy atom. The Morgan fingerprint density at radius 1 is 0.266 bits per heavy atom. The molecule has 0 radical (unpaired) electrons. The quantitative estimate of drug-likeness (QED) is 0.162. The fourth-order valence-corrected chi connectivity index (χ4v) is 18.3. The second kappa shape index (κ2) is 12.0. The lowest BCUT2D eigenvalue weighted by molar-refractivity contribution is 0.484. The number of fused-ring (bicyclic) bond motifs is 2. The summed E-state index contributed by atoms with van der Waals surface area (Å²) >= 11 is 0. The number of rotatable bonds is 4. The van der Waals surface area contributed by atoms with Crippen molar-refractivity contribution in [1.29, 1.82) is 0 Å². The third kappa shape index (κ3) is 3.99. The normalized spacial score (nSPS) is 16.0. The van der Waals surface area contributed by atoms with Gasteiger partial charge in [-0.3, -0.25) is 0 Å². The van der Waals surface area contributed by atoms with Crippen LogP contribution in [-0.4, -0.2) is 0 Å². The predicted octanol–water partition coefficient (Wildman–Crippen LogP) is 12.3. The molecule has 6 aliphatic rings. The van der Waals surface area contributed by atoms with Gasteiger partial charge < -0.3 is 38.2 Å². The average Bonchev–Trinajstić information content (AvgIpc) is 3.33. The minimum atomic E-state index is -3.88. The van der Waals surface area contributed by atoms with Gasteiger partial charge in [0, 0.05) is 22.7 Å². The van der Waals surface area contributed by atoms with Crippen LogP contribution >= 0.6 is 14.3 Å². The molecule has 0 amide bonds. The molecule has 0 saturated heterocycles. The standard InChI is InChI=1S/C54H32N4O4P2/c59-63-49-37-25-13-29-41(49)61-42-30-15-27-39(50(42)63)57(35-21-9-3-10-22-35)47-48-54-46(45(53(47)63)55(37)33-17-5-1-6-18-33)56(34-19-7-2-8-20-34)38-26-14-31-43-51(38)64(54,60)52-40(28-16-32-44(52)62-43)58(48)36-23-11-4-12-24-36/h1-32H. The SMILES string of the molecule is O=P12c3c4cccc3N(c3ccccc3)c3c5c6c(c(c31)N(c1ccccc1)c1cccc(c12)O4)N(c1ccccc1)c1cccc2c1P6(=O)c1c(cccc1N5c1ccccc1)O2. The molecule has 9 aromatic rings. The van der Waals surface area contributed by atoms with Gasteiger partial charge in [0.25, 0.3) is 0 Å². The molecule has 15 rings (SSSR count). The third-order valence-corrected chi connectivity index (χ3v) is 19.9. The molecule has 0 N–H and O–H groups in total. The summed E-state index contributed by atoms with van der Waals surface area (Å²) in [6, 6.07) is 65.0. The van der Waals surface area contributed by atoms with Crippen LogP contribution in [0.25, 0.3) is 0 Å². The first kappa shape index (κ1) is 34.8. The molecule has 0 fully saturated rings. The van der Waals surface area contributed by atoms with Gasteiger partial charge >= 0.3 is 0 Å². The minimum absolute atomic E-state index is 0.560. The summed E-state index contributed by atoms with van der Waals surface area (Å²) in [5, 5.41) is 3.94. The summed E-state index contributed by atoms with van der Waals surface area (Å²) in [4.78, 5) is 9.00. The van der Waals surface area contributed by atoms with Crippen LogP contribution < -0.4 is 60.9 Å². The van der Waals surface area contributed by atoms with Crippen LogP contribution in [0.15, 0.2) is 194 Å². The van der Waals surface area contributed by atoms with Crippen LogP contribution in [0.3, 0.4) is 0 Å². The number of hydrogen-bond acceptors (Lipinski definition) is 8. The highest BCUT2D eigenvalue weighted by molar-refractivity contribution is 7.88. The highest BCUT2D eigenvalue weighted by Gasteiger charge is 2.62. The van der Waals surface area contributed by atoms with Crippen molar-refractivity contribution < 1.29 is 18.6 Å². The molecule has 8 nitrogen and oxygen atoms in total. The van der Waals surface area contributed by atoms with E-state index in [1.165, 1.54) is 0 Å². The highest BCUT2D eigenvalue weighted by Crippen LogP contribution is 2.74. The zero-order valence-electron chi connectivity index (χ0n) is 33.8. The number of ether oxygens (including phenoxy) is 2. The van der Waals surface area contributed by atoms with Crippen LogP contribution in [0.2, 0.25) is 0 Å². The number of nitrogens with zero attached hydrogens (tertiary/aromatic N) is 4. The van der Waals surface area contributed by atoms with E-state index in [9.17, 15) is 0 Å². The Kier molecular flexibility index (Phi) is 6.54. The lowest BCUT2D eigenvalue weighted by Gasteiger charge is -2.53. The van der Waals surface area contributed by atoms with Gasteiger partial charge in [0.05, 0.1) is 77.3 Å². The smallest absolute Gasteiger partial charge is 0.186 e. The highest BCUT2D eigenvalue weighted by atomic mass is 31.2. The van der Waals surface area contributed by atoms with Crippen LogP contribution in [0, 0.1) is 0 Å². The zero-order valence-corrected chi connectivity index (χ0v) is 35.6. The van der Waals surface area contributed by atoms with Crippen molar-refractivity contribution >= 4 is 114 Å². The van der Waals surface area contributed by atoms with Crippen LogP contribution in [0.5, 0.6) is 23.0 Å². The van der Waals surface area contributed by atoms with E-state index in [-0.39, 0.29) is 0 Å². The summed E-state index contributed by atoms with van der Waals surface area (Å²) in [7, 11) is -7.77. The molecule has 0 aliphatic carbocycles. The molecule has 9 aromatic carbocycles. The summed E-state index contributed by atoms with van der Waals surface area (Å²) in [6.07, 6.45) is 0. The fraction of sp³-hybridized carbons (Fsp3) is 0. The molecule has 0 atom stereocenters. The van der Waals surface area contributed by atoms with Crippen LogP contribution in [-0.2, 0) is 9.13 Å². The molecule has 0 saturated carbocycles. The van der Waals surface area contributed by atoms with Gasteiger partial charge in [0.1, 0.15) is 23.0 Å². The van der Waals surface area contributed by atoms with E-state index in [0.717, 1.165) is 45.5 Å². The molecule has 302 valence electrons. The lowest BCUT2D eigenvalue weighted by Crippen LogP contribution is -2.51. The Bertz CT molecular complexity index is 3190. The van der Waals surface area contributed by atoms with E-state index >= 15 is 9.13 Å². The topological polar surface area (TPSA) is 65.6 Å². The van der Waals surface area contributed by atoms with E-state index in [1.807, 2.05) is 121 Å². The Balaban J connectivity index is 1.26. The van der Waals surface area contributed by atoms with Crippen molar-refractivity contribution in [2.75, 3.05) is 19.6 Å². The molecule has 0 spiro atoms. The van der Waals surface area contributed by atoms with Crippen molar-refractivity contribution in [3.05, 3.63) is 194 Å². The molecular formula is C54H32N4O4P2. The van der Waals surface area contributed by atoms with E-state index < -0.39 is 14.3 Å². The number of para-hydroxylation sites is 4. The van der Waals surface area contributed by atoms with Crippen molar-refractivity contribution in [3.63, 3.8) is 0 Å². The summed E-state index contributed by atoms with van der Waals surface area (Å²) < 4.78 is 49.5. The van der Waals surface area contributed by atoms with Crippen LogP contribution in [0.1, 0.15) is 0 Å². The maximum absolute atomic E-state index is 17.9. The molecule has 0 aromatic heterocycles. The van der Waals surface area contributed by atoms with Crippen molar-refractivity contribution in [2.24, 2.45) is 0 Å². The predicted molar refractivity (Wildman–Crippen MR) is 258 cm³/mol. The molecule has 6 aliphatic heterocycles. The van der Waals surface area contributed by atoms with Gasteiger partial charge in [-0.2, -0.15) is 0 Å². The summed E-state index contributed by atoms with van der Waals surface area (Å²) in [5.41, 5.74) is 9.34. The van der Waals surface area contributed by atoms with Gasteiger partial charge in [-0.05, 0) is 97.1 Å². The second-order valence-electron chi connectivity index (χ2n) is 16.7. The number of benzene rings is 9. The average molecular weight is 863 g/mol. The van der Waals surface area contributed by atoms with Gasteiger partial charge in [-0.25, -0.2) is 0 Å². The van der Waals surface area contributed by atoms with E-state index in [2.05, 4.69) is 92.4 Å². The number of hydrogen-bond donors (Lipinski definition) is 0. The zero-order chi connectivity index (χ0) is 42.1. The fourth-order valence-electron chi connectivity index (χ4n) is 11.2.